The quantitative estimate of drug-likeness (QED) is 0.678. The molecule has 30 heavy (non-hydrogen) atoms. The first-order valence-corrected chi connectivity index (χ1v) is 10.2. The first-order valence-electron chi connectivity index (χ1n) is 10.2. The number of hydrogen-bond donors (Lipinski definition) is 2. The Morgan fingerprint density at radius 1 is 1.13 bits per heavy atom. The maximum absolute atomic E-state index is 13.0. The number of carbonyl (C=O) groups excluding carboxylic acids is 5. The largest absolute Gasteiger partial charge is 0.371 e. The maximum atomic E-state index is 13.0. The van der Waals surface area contributed by atoms with E-state index in [1.54, 1.807) is 19.2 Å². The van der Waals surface area contributed by atoms with Crippen molar-refractivity contribution in [3.05, 3.63) is 29.3 Å². The number of fused-ring (bicyclic) bond motifs is 1. The van der Waals surface area contributed by atoms with E-state index in [4.69, 9.17) is 0 Å². The van der Waals surface area contributed by atoms with E-state index in [0.717, 1.165) is 36.5 Å². The zero-order valence-corrected chi connectivity index (χ0v) is 16.8. The zero-order chi connectivity index (χ0) is 21.4. The molecule has 9 heteroatoms. The number of imide groups is 2. The third kappa shape index (κ3) is 3.55. The number of nitrogens with one attached hydrogen (secondary N) is 2. The molecule has 4 rings (SSSR count). The lowest BCUT2D eigenvalue weighted by Crippen LogP contribution is -2.54. The van der Waals surface area contributed by atoms with E-state index >= 15 is 0 Å². The van der Waals surface area contributed by atoms with Crippen LogP contribution in [0.4, 0.5) is 5.69 Å². The Morgan fingerprint density at radius 2 is 1.90 bits per heavy atom. The van der Waals surface area contributed by atoms with Gasteiger partial charge in [-0.3, -0.25) is 34.2 Å². The van der Waals surface area contributed by atoms with E-state index in [-0.39, 0.29) is 29.9 Å². The Hall–Kier alpha value is -3.23. The molecule has 0 bridgehead atoms. The summed E-state index contributed by atoms with van der Waals surface area (Å²) in [5, 5.41) is 4.83. The molecule has 1 aromatic carbocycles. The van der Waals surface area contributed by atoms with Crippen LogP contribution in [0.1, 0.15) is 52.8 Å². The van der Waals surface area contributed by atoms with Gasteiger partial charge in [-0.25, -0.2) is 0 Å². The van der Waals surface area contributed by atoms with Crippen molar-refractivity contribution in [2.24, 2.45) is 5.92 Å². The van der Waals surface area contributed by atoms with Crippen molar-refractivity contribution in [1.82, 2.24) is 15.5 Å². The second-order valence-electron chi connectivity index (χ2n) is 7.99. The zero-order valence-electron chi connectivity index (χ0n) is 16.8. The van der Waals surface area contributed by atoms with Crippen molar-refractivity contribution in [2.45, 2.75) is 38.1 Å². The fraction of sp³-hybridized carbons (Fsp3) is 0.476. The summed E-state index contributed by atoms with van der Waals surface area (Å²) in [5.74, 6) is -1.58. The van der Waals surface area contributed by atoms with Crippen LogP contribution < -0.4 is 15.5 Å². The van der Waals surface area contributed by atoms with Crippen molar-refractivity contribution in [3.63, 3.8) is 0 Å². The molecule has 3 heterocycles. The molecule has 5 amide bonds. The molecule has 3 aliphatic rings. The topological polar surface area (TPSA) is 116 Å². The summed E-state index contributed by atoms with van der Waals surface area (Å²) in [6, 6.07) is 4.20. The SMILES string of the molecule is CNC(=O)CCC1CCN(c2ccc3c(c2)C(=O)N(C2CCC(=O)NC2=O)C3=O)C1. The van der Waals surface area contributed by atoms with Crippen molar-refractivity contribution >= 4 is 35.2 Å². The summed E-state index contributed by atoms with van der Waals surface area (Å²) in [7, 11) is 1.63. The molecule has 2 atom stereocenters. The lowest BCUT2D eigenvalue weighted by molar-refractivity contribution is -0.136. The lowest BCUT2D eigenvalue weighted by Gasteiger charge is -2.27. The smallest absolute Gasteiger partial charge is 0.262 e. The van der Waals surface area contributed by atoms with Gasteiger partial charge in [-0.15, -0.1) is 0 Å². The molecule has 0 aromatic heterocycles. The molecule has 0 aliphatic carbocycles. The number of carbonyl (C=O) groups is 5. The van der Waals surface area contributed by atoms with E-state index in [0.29, 0.717) is 12.3 Å². The number of amides is 5. The fourth-order valence-corrected chi connectivity index (χ4v) is 4.42. The highest BCUT2D eigenvalue weighted by Gasteiger charge is 2.44. The van der Waals surface area contributed by atoms with Crippen LogP contribution in [-0.2, 0) is 14.4 Å². The van der Waals surface area contributed by atoms with E-state index < -0.39 is 29.7 Å². The Kier molecular flexibility index (Phi) is 5.27. The molecule has 2 fully saturated rings. The highest BCUT2D eigenvalue weighted by molar-refractivity contribution is 6.23. The Bertz CT molecular complexity index is 943. The fourth-order valence-electron chi connectivity index (χ4n) is 4.42. The van der Waals surface area contributed by atoms with Crippen LogP contribution in [0.25, 0.3) is 0 Å². The molecule has 0 spiro atoms. The minimum Gasteiger partial charge on any atom is -0.371 e. The average molecular weight is 412 g/mol. The van der Waals surface area contributed by atoms with Crippen LogP contribution in [-0.4, -0.2) is 60.6 Å². The minimum absolute atomic E-state index is 0.0311. The number of anilines is 1. The van der Waals surface area contributed by atoms with Gasteiger partial charge in [0.15, 0.2) is 0 Å². The van der Waals surface area contributed by atoms with Gasteiger partial charge in [0.05, 0.1) is 11.1 Å². The molecule has 9 nitrogen and oxygen atoms in total. The van der Waals surface area contributed by atoms with Crippen molar-refractivity contribution in [1.29, 1.82) is 0 Å². The van der Waals surface area contributed by atoms with Gasteiger partial charge >= 0.3 is 0 Å². The highest BCUT2D eigenvalue weighted by Crippen LogP contribution is 2.33. The van der Waals surface area contributed by atoms with Gasteiger partial charge in [-0.05, 0) is 43.4 Å². The van der Waals surface area contributed by atoms with Crippen LogP contribution in [0.2, 0.25) is 0 Å². The first kappa shape index (κ1) is 20.1. The van der Waals surface area contributed by atoms with E-state index in [1.807, 2.05) is 6.07 Å². The standard InChI is InChI=1S/C21H24N4O5/c1-22-17(26)6-2-12-8-9-24(11-12)13-3-4-14-15(10-13)21(30)25(20(14)29)16-5-7-18(27)23-19(16)28/h3-4,10,12,16H,2,5-9,11H2,1H3,(H,22,26)(H,23,27,28). The summed E-state index contributed by atoms with van der Waals surface area (Å²) in [5.41, 5.74) is 1.42. The Balaban J connectivity index is 1.48. The van der Waals surface area contributed by atoms with Crippen molar-refractivity contribution in [3.8, 4) is 0 Å². The molecule has 3 aliphatic heterocycles. The summed E-state index contributed by atoms with van der Waals surface area (Å²) in [4.78, 5) is 63.9. The molecule has 2 unspecified atom stereocenters. The molecule has 0 saturated carbocycles. The highest BCUT2D eigenvalue weighted by atomic mass is 16.2. The minimum atomic E-state index is -0.959. The molecule has 0 radical (unpaired) electrons. The molecular formula is C21H24N4O5. The van der Waals surface area contributed by atoms with Crippen LogP contribution in [0.3, 0.4) is 0 Å². The van der Waals surface area contributed by atoms with E-state index in [1.165, 1.54) is 0 Å². The second kappa shape index (κ2) is 7.89. The predicted molar refractivity (Wildman–Crippen MR) is 107 cm³/mol. The molecule has 2 N–H and O–H groups in total. The van der Waals surface area contributed by atoms with Gasteiger partial charge in [0.25, 0.3) is 11.8 Å². The van der Waals surface area contributed by atoms with Gasteiger partial charge < -0.3 is 10.2 Å². The molecule has 158 valence electrons. The van der Waals surface area contributed by atoms with E-state index in [2.05, 4.69) is 15.5 Å². The average Bonchev–Trinajstić information content (AvgIpc) is 3.30. The van der Waals surface area contributed by atoms with Gasteiger partial charge in [-0.2, -0.15) is 0 Å². The second-order valence-corrected chi connectivity index (χ2v) is 7.99. The predicted octanol–water partition coefficient (Wildman–Crippen LogP) is 0.440. The van der Waals surface area contributed by atoms with Gasteiger partial charge in [-0.1, -0.05) is 0 Å². The number of rotatable bonds is 5. The van der Waals surface area contributed by atoms with Crippen LogP contribution in [0.15, 0.2) is 18.2 Å². The third-order valence-electron chi connectivity index (χ3n) is 6.13. The first-order chi connectivity index (χ1) is 14.4. The molecular weight excluding hydrogens is 388 g/mol. The molecule has 2 saturated heterocycles. The van der Waals surface area contributed by atoms with Crippen LogP contribution in [0.5, 0.6) is 0 Å². The summed E-state index contributed by atoms with van der Waals surface area (Å²) >= 11 is 0. The maximum Gasteiger partial charge on any atom is 0.262 e. The summed E-state index contributed by atoms with van der Waals surface area (Å²) in [6.07, 6.45) is 2.50. The van der Waals surface area contributed by atoms with Gasteiger partial charge in [0.1, 0.15) is 6.04 Å². The van der Waals surface area contributed by atoms with Gasteiger partial charge in [0, 0.05) is 38.7 Å². The normalized spacial score (nSPS) is 23.6. The Labute approximate surface area is 173 Å². The van der Waals surface area contributed by atoms with Crippen LogP contribution in [0, 0.1) is 5.92 Å². The summed E-state index contributed by atoms with van der Waals surface area (Å²) < 4.78 is 0. The lowest BCUT2D eigenvalue weighted by atomic mass is 10.0. The number of piperidine rings is 1. The number of hydrogen-bond acceptors (Lipinski definition) is 6. The number of nitrogens with zero attached hydrogens (tertiary/aromatic N) is 2. The monoisotopic (exact) mass is 412 g/mol. The Morgan fingerprint density at radius 3 is 2.63 bits per heavy atom. The van der Waals surface area contributed by atoms with Gasteiger partial charge in [0.2, 0.25) is 17.7 Å². The summed E-state index contributed by atoms with van der Waals surface area (Å²) in [6.45, 7) is 1.60. The van der Waals surface area contributed by atoms with Crippen LogP contribution >= 0.6 is 0 Å². The third-order valence-corrected chi connectivity index (χ3v) is 6.13. The number of benzene rings is 1. The van der Waals surface area contributed by atoms with Crippen molar-refractivity contribution < 1.29 is 24.0 Å². The van der Waals surface area contributed by atoms with E-state index in [9.17, 15) is 24.0 Å². The van der Waals surface area contributed by atoms with Crippen molar-refractivity contribution in [2.75, 3.05) is 25.0 Å². The molecule has 1 aromatic rings.